The number of sulfonamides is 1. The molecule has 0 N–H and O–H groups in total. The molecule has 0 spiro atoms. The molecule has 0 aliphatic carbocycles. The van der Waals surface area contributed by atoms with Crippen molar-refractivity contribution in [1.82, 2.24) is 4.31 Å². The van der Waals surface area contributed by atoms with Gasteiger partial charge in [0.05, 0.1) is 14.9 Å². The van der Waals surface area contributed by atoms with Crippen LogP contribution in [0.25, 0.3) is 0 Å². The van der Waals surface area contributed by atoms with Crippen LogP contribution in [0.5, 0.6) is 0 Å². The van der Waals surface area contributed by atoms with Crippen molar-refractivity contribution >= 4 is 49.2 Å². The van der Waals surface area contributed by atoms with Crippen LogP contribution in [0.4, 0.5) is 0 Å². The summed E-state index contributed by atoms with van der Waals surface area (Å²) in [7, 11) is -3.47. The maximum atomic E-state index is 12.4. The molecule has 18 heavy (non-hydrogen) atoms. The first kappa shape index (κ1) is 14.6. The third kappa shape index (κ3) is 3.02. The second-order valence-electron chi connectivity index (χ2n) is 4.18. The fourth-order valence-electron chi connectivity index (χ4n) is 1.90. The highest BCUT2D eigenvalue weighted by Gasteiger charge is 2.29. The summed E-state index contributed by atoms with van der Waals surface area (Å²) >= 11 is 15.1. The van der Waals surface area contributed by atoms with Crippen molar-refractivity contribution in [3.8, 4) is 0 Å². The highest BCUT2D eigenvalue weighted by atomic mass is 79.9. The molecule has 1 aromatic rings. The number of hydrogen-bond acceptors (Lipinski definition) is 2. The van der Waals surface area contributed by atoms with Gasteiger partial charge in [-0.15, -0.1) is 0 Å². The van der Waals surface area contributed by atoms with Crippen LogP contribution in [0.2, 0.25) is 10.0 Å². The molecule has 1 aliphatic rings. The molecule has 1 saturated heterocycles. The summed E-state index contributed by atoms with van der Waals surface area (Å²) in [5.74, 6) is 0. The van der Waals surface area contributed by atoms with Crippen molar-refractivity contribution in [2.75, 3.05) is 13.1 Å². The van der Waals surface area contributed by atoms with E-state index in [1.807, 2.05) is 0 Å². The molecule has 0 saturated carbocycles. The average Bonchev–Trinajstić information content (AvgIpc) is 2.32. The number of nitrogens with zero attached hydrogens (tertiary/aromatic N) is 1. The molecular weight excluding hydrogens is 361 g/mol. The first-order chi connectivity index (χ1) is 8.41. The SMILES string of the molecule is O=S(=O)(c1ccc(Cl)c(Cl)c1)N1CCCC(Br)C1. The summed E-state index contributed by atoms with van der Waals surface area (Å²) in [5, 5.41) is 0.609. The lowest BCUT2D eigenvalue weighted by Gasteiger charge is -2.29. The zero-order valence-corrected chi connectivity index (χ0v) is 13.4. The van der Waals surface area contributed by atoms with Gasteiger partial charge in [0.1, 0.15) is 0 Å². The van der Waals surface area contributed by atoms with Gasteiger partial charge in [0.2, 0.25) is 10.0 Å². The lowest BCUT2D eigenvalue weighted by molar-refractivity contribution is 0.356. The van der Waals surface area contributed by atoms with Crippen LogP contribution in [0.3, 0.4) is 0 Å². The largest absolute Gasteiger partial charge is 0.243 e. The Bertz CT molecular complexity index is 550. The molecule has 100 valence electrons. The predicted octanol–water partition coefficient (Wildman–Crippen LogP) is 3.54. The molecule has 1 unspecified atom stereocenters. The quantitative estimate of drug-likeness (QED) is 0.744. The molecule has 1 fully saturated rings. The first-order valence-corrected chi connectivity index (χ1v) is 8.61. The summed E-state index contributed by atoms with van der Waals surface area (Å²) in [6.45, 7) is 1.03. The van der Waals surface area contributed by atoms with Crippen LogP contribution in [-0.4, -0.2) is 30.6 Å². The summed E-state index contributed by atoms with van der Waals surface area (Å²) in [6, 6.07) is 4.39. The number of halogens is 3. The Labute approximate surface area is 125 Å². The standard InChI is InChI=1S/C11H12BrCl2NO2S/c12-8-2-1-5-15(7-8)18(16,17)9-3-4-10(13)11(14)6-9/h3-4,6,8H,1-2,5,7H2. The molecule has 0 amide bonds. The van der Waals surface area contributed by atoms with Crippen LogP contribution in [-0.2, 0) is 10.0 Å². The molecule has 0 bridgehead atoms. The molecular formula is C11H12BrCl2NO2S. The lowest BCUT2D eigenvalue weighted by Crippen LogP contribution is -2.40. The zero-order valence-electron chi connectivity index (χ0n) is 9.44. The Morgan fingerprint density at radius 2 is 2.00 bits per heavy atom. The zero-order chi connectivity index (χ0) is 13.3. The first-order valence-electron chi connectivity index (χ1n) is 5.50. The second-order valence-corrected chi connectivity index (χ2v) is 8.23. The van der Waals surface area contributed by atoms with E-state index < -0.39 is 10.0 Å². The minimum Gasteiger partial charge on any atom is -0.207 e. The van der Waals surface area contributed by atoms with Crippen molar-refractivity contribution in [3.05, 3.63) is 28.2 Å². The molecule has 1 atom stereocenters. The Kier molecular flexibility index (Phi) is 4.60. The van der Waals surface area contributed by atoms with Crippen LogP contribution in [0.15, 0.2) is 23.1 Å². The highest BCUT2D eigenvalue weighted by molar-refractivity contribution is 9.09. The smallest absolute Gasteiger partial charge is 0.207 e. The molecule has 0 radical (unpaired) electrons. The number of alkyl halides is 1. The summed E-state index contributed by atoms with van der Waals surface area (Å²) < 4.78 is 26.3. The maximum absolute atomic E-state index is 12.4. The van der Waals surface area contributed by atoms with Gasteiger partial charge in [0.15, 0.2) is 0 Å². The lowest BCUT2D eigenvalue weighted by atomic mass is 10.2. The number of hydrogen-bond donors (Lipinski definition) is 0. The van der Waals surface area contributed by atoms with E-state index in [0.717, 1.165) is 12.8 Å². The molecule has 0 aromatic heterocycles. The number of benzene rings is 1. The summed E-state index contributed by atoms with van der Waals surface area (Å²) in [4.78, 5) is 0.405. The van der Waals surface area contributed by atoms with E-state index in [1.54, 1.807) is 0 Å². The molecule has 7 heteroatoms. The Balaban J connectivity index is 2.32. The Morgan fingerprint density at radius 3 is 2.61 bits per heavy atom. The van der Waals surface area contributed by atoms with Crippen LogP contribution >= 0.6 is 39.1 Å². The minimum absolute atomic E-state index is 0.193. The van der Waals surface area contributed by atoms with Gasteiger partial charge >= 0.3 is 0 Å². The number of piperidine rings is 1. The van der Waals surface area contributed by atoms with Gasteiger partial charge in [-0.05, 0) is 31.0 Å². The Morgan fingerprint density at radius 1 is 1.28 bits per heavy atom. The van der Waals surface area contributed by atoms with Gasteiger partial charge in [-0.1, -0.05) is 39.1 Å². The average molecular weight is 373 g/mol. The predicted molar refractivity (Wildman–Crippen MR) is 77.2 cm³/mol. The molecule has 2 rings (SSSR count). The van der Waals surface area contributed by atoms with Crippen LogP contribution in [0.1, 0.15) is 12.8 Å². The van der Waals surface area contributed by atoms with Gasteiger partial charge in [0, 0.05) is 17.9 Å². The fourth-order valence-corrected chi connectivity index (χ4v) is 4.68. The molecule has 3 nitrogen and oxygen atoms in total. The number of rotatable bonds is 2. The molecule has 1 heterocycles. The van der Waals surface area contributed by atoms with E-state index in [0.29, 0.717) is 18.1 Å². The second kappa shape index (κ2) is 5.67. The van der Waals surface area contributed by atoms with E-state index in [1.165, 1.54) is 22.5 Å². The molecule has 1 aromatic carbocycles. The summed E-state index contributed by atoms with van der Waals surface area (Å²) in [6.07, 6.45) is 1.85. The van der Waals surface area contributed by atoms with Gasteiger partial charge < -0.3 is 0 Å². The van der Waals surface area contributed by atoms with Crippen LogP contribution < -0.4 is 0 Å². The fraction of sp³-hybridized carbons (Fsp3) is 0.455. The summed E-state index contributed by atoms with van der Waals surface area (Å²) in [5.41, 5.74) is 0. The van der Waals surface area contributed by atoms with Crippen LogP contribution in [0, 0.1) is 0 Å². The third-order valence-electron chi connectivity index (χ3n) is 2.86. The monoisotopic (exact) mass is 371 g/mol. The van der Waals surface area contributed by atoms with Crippen molar-refractivity contribution in [2.24, 2.45) is 0 Å². The van der Waals surface area contributed by atoms with Gasteiger partial charge in [-0.3, -0.25) is 0 Å². The van der Waals surface area contributed by atoms with E-state index >= 15 is 0 Å². The van der Waals surface area contributed by atoms with Gasteiger partial charge in [-0.25, -0.2) is 8.42 Å². The minimum atomic E-state index is -3.47. The van der Waals surface area contributed by atoms with E-state index in [4.69, 9.17) is 23.2 Å². The Hall–Kier alpha value is 0.190. The van der Waals surface area contributed by atoms with Gasteiger partial charge in [-0.2, -0.15) is 4.31 Å². The van der Waals surface area contributed by atoms with Gasteiger partial charge in [0.25, 0.3) is 0 Å². The molecule has 1 aliphatic heterocycles. The van der Waals surface area contributed by atoms with Crippen molar-refractivity contribution < 1.29 is 8.42 Å². The topological polar surface area (TPSA) is 37.4 Å². The van der Waals surface area contributed by atoms with Crippen molar-refractivity contribution in [3.63, 3.8) is 0 Å². The maximum Gasteiger partial charge on any atom is 0.243 e. The van der Waals surface area contributed by atoms with E-state index in [-0.39, 0.29) is 14.7 Å². The van der Waals surface area contributed by atoms with E-state index in [9.17, 15) is 8.42 Å². The highest BCUT2D eigenvalue weighted by Crippen LogP contribution is 2.28. The van der Waals surface area contributed by atoms with Crippen molar-refractivity contribution in [1.29, 1.82) is 0 Å². The van der Waals surface area contributed by atoms with E-state index in [2.05, 4.69) is 15.9 Å². The van der Waals surface area contributed by atoms with Crippen molar-refractivity contribution in [2.45, 2.75) is 22.6 Å². The normalized spacial score (nSPS) is 22.1. The third-order valence-corrected chi connectivity index (χ3v) is 6.20.